The number of hydrogen-bond acceptors (Lipinski definition) is 1. The summed E-state index contributed by atoms with van der Waals surface area (Å²) in [5, 5.41) is 0. The maximum absolute atomic E-state index is 11.9. The largest absolute Gasteiger partial charge is 0.299 e. The summed E-state index contributed by atoms with van der Waals surface area (Å²) in [6.45, 7) is 8.73. The van der Waals surface area contributed by atoms with Crippen molar-refractivity contribution in [3.8, 4) is 0 Å². The molecule has 13 heavy (non-hydrogen) atoms. The third-order valence-electron chi connectivity index (χ3n) is 3.60. The van der Waals surface area contributed by atoms with Gasteiger partial charge in [0, 0.05) is 11.8 Å². The van der Waals surface area contributed by atoms with Crippen LogP contribution in [-0.4, -0.2) is 5.78 Å². The highest BCUT2D eigenvalue weighted by Gasteiger charge is 2.35. The first-order chi connectivity index (χ1) is 6.07. The molecule has 0 bridgehead atoms. The molecule has 1 aliphatic rings. The highest BCUT2D eigenvalue weighted by atomic mass is 16.1. The molecule has 3 unspecified atom stereocenters. The Morgan fingerprint density at radius 3 is 2.46 bits per heavy atom. The second kappa shape index (κ2) is 4.26. The van der Waals surface area contributed by atoms with Gasteiger partial charge in [0.1, 0.15) is 5.78 Å². The van der Waals surface area contributed by atoms with Gasteiger partial charge in [-0.05, 0) is 31.1 Å². The maximum Gasteiger partial charge on any atom is 0.139 e. The van der Waals surface area contributed by atoms with Crippen LogP contribution in [0.2, 0.25) is 0 Å². The van der Waals surface area contributed by atoms with E-state index in [0.29, 0.717) is 29.5 Å². The zero-order chi connectivity index (χ0) is 10.0. The van der Waals surface area contributed by atoms with Crippen LogP contribution in [0, 0.1) is 23.7 Å². The number of carbonyl (C=O) groups is 1. The molecule has 0 aromatic heterocycles. The van der Waals surface area contributed by atoms with Crippen molar-refractivity contribution in [2.45, 2.75) is 47.0 Å². The van der Waals surface area contributed by atoms with Gasteiger partial charge in [-0.1, -0.05) is 27.7 Å². The van der Waals surface area contributed by atoms with Gasteiger partial charge in [0.2, 0.25) is 0 Å². The zero-order valence-corrected chi connectivity index (χ0v) is 9.34. The van der Waals surface area contributed by atoms with E-state index >= 15 is 0 Å². The molecule has 0 saturated heterocycles. The van der Waals surface area contributed by atoms with Gasteiger partial charge >= 0.3 is 0 Å². The predicted octanol–water partition coefficient (Wildman–Crippen LogP) is 3.28. The van der Waals surface area contributed by atoms with Crippen LogP contribution in [0.15, 0.2) is 0 Å². The molecule has 1 rings (SSSR count). The zero-order valence-electron chi connectivity index (χ0n) is 9.34. The van der Waals surface area contributed by atoms with E-state index in [4.69, 9.17) is 0 Å². The molecule has 76 valence electrons. The molecule has 0 aromatic carbocycles. The van der Waals surface area contributed by atoms with E-state index in [9.17, 15) is 4.79 Å². The van der Waals surface area contributed by atoms with Crippen molar-refractivity contribution >= 4 is 5.78 Å². The Hall–Kier alpha value is -0.330. The van der Waals surface area contributed by atoms with E-state index in [1.165, 1.54) is 6.42 Å². The third-order valence-corrected chi connectivity index (χ3v) is 3.60. The van der Waals surface area contributed by atoms with E-state index in [1.807, 2.05) is 0 Å². The molecule has 0 N–H and O–H groups in total. The smallest absolute Gasteiger partial charge is 0.139 e. The van der Waals surface area contributed by atoms with Crippen LogP contribution in [0.5, 0.6) is 0 Å². The highest BCUT2D eigenvalue weighted by molar-refractivity contribution is 5.84. The molecular weight excluding hydrogens is 160 g/mol. The van der Waals surface area contributed by atoms with E-state index < -0.39 is 0 Å². The summed E-state index contributed by atoms with van der Waals surface area (Å²) in [7, 11) is 0. The first-order valence-corrected chi connectivity index (χ1v) is 5.61. The molecule has 0 amide bonds. The summed E-state index contributed by atoms with van der Waals surface area (Å²) in [5.41, 5.74) is 0. The Bertz CT molecular complexity index is 184. The molecule has 0 radical (unpaired) electrons. The maximum atomic E-state index is 11.9. The van der Waals surface area contributed by atoms with Gasteiger partial charge in [-0.15, -0.1) is 0 Å². The van der Waals surface area contributed by atoms with Crippen molar-refractivity contribution in [3.63, 3.8) is 0 Å². The molecule has 1 fully saturated rings. The molecule has 1 heteroatoms. The fourth-order valence-corrected chi connectivity index (χ4v) is 2.66. The van der Waals surface area contributed by atoms with Crippen molar-refractivity contribution in [3.05, 3.63) is 0 Å². The molecule has 1 aliphatic carbocycles. The average molecular weight is 182 g/mol. The topological polar surface area (TPSA) is 17.1 Å². The minimum absolute atomic E-state index is 0.319. The van der Waals surface area contributed by atoms with E-state index in [-0.39, 0.29) is 0 Å². The van der Waals surface area contributed by atoms with Crippen LogP contribution in [0.3, 0.4) is 0 Å². The van der Waals surface area contributed by atoms with Crippen LogP contribution in [0.1, 0.15) is 47.0 Å². The van der Waals surface area contributed by atoms with Gasteiger partial charge in [0.15, 0.2) is 0 Å². The van der Waals surface area contributed by atoms with Gasteiger partial charge in [-0.2, -0.15) is 0 Å². The number of hydrogen-bond donors (Lipinski definition) is 0. The molecule has 1 nitrogen and oxygen atoms in total. The average Bonchev–Trinajstić information content (AvgIpc) is 2.09. The van der Waals surface area contributed by atoms with Crippen LogP contribution in [-0.2, 0) is 4.79 Å². The van der Waals surface area contributed by atoms with E-state index in [0.717, 1.165) is 12.8 Å². The van der Waals surface area contributed by atoms with Crippen molar-refractivity contribution in [1.82, 2.24) is 0 Å². The van der Waals surface area contributed by atoms with Gasteiger partial charge in [-0.25, -0.2) is 0 Å². The number of Topliss-reactive ketones (excluding diaryl/α,β-unsaturated/α-hetero) is 1. The summed E-state index contributed by atoms with van der Waals surface area (Å²) in [6, 6.07) is 0. The van der Waals surface area contributed by atoms with Gasteiger partial charge in [0.25, 0.3) is 0 Å². The van der Waals surface area contributed by atoms with Crippen molar-refractivity contribution in [1.29, 1.82) is 0 Å². The molecule has 3 atom stereocenters. The summed E-state index contributed by atoms with van der Waals surface area (Å²) in [6.07, 6.45) is 3.40. The normalized spacial score (nSPS) is 35.5. The molecule has 0 aromatic rings. The molecule has 0 spiro atoms. The lowest BCUT2D eigenvalue weighted by molar-refractivity contribution is -0.132. The van der Waals surface area contributed by atoms with E-state index in [2.05, 4.69) is 27.7 Å². The van der Waals surface area contributed by atoms with Crippen LogP contribution in [0.4, 0.5) is 0 Å². The minimum Gasteiger partial charge on any atom is -0.299 e. The van der Waals surface area contributed by atoms with E-state index in [1.54, 1.807) is 0 Å². The van der Waals surface area contributed by atoms with Crippen molar-refractivity contribution < 1.29 is 4.79 Å². The lowest BCUT2D eigenvalue weighted by Gasteiger charge is -2.35. The molecule has 0 aliphatic heterocycles. The molecular formula is C12H22O. The summed E-state index contributed by atoms with van der Waals surface area (Å²) in [5.74, 6) is 2.51. The standard InChI is InChI=1S/C12H22O/c1-5-10-11(8(2)3)7-6-9(4)12(10)13/h8-11H,5-7H2,1-4H3. The van der Waals surface area contributed by atoms with Crippen molar-refractivity contribution in [2.24, 2.45) is 23.7 Å². The summed E-state index contributed by atoms with van der Waals surface area (Å²) in [4.78, 5) is 11.9. The lowest BCUT2D eigenvalue weighted by Crippen LogP contribution is -2.35. The first-order valence-electron chi connectivity index (χ1n) is 5.61. The lowest BCUT2D eigenvalue weighted by atomic mass is 9.68. The minimum atomic E-state index is 0.319. The summed E-state index contributed by atoms with van der Waals surface area (Å²) >= 11 is 0. The Kier molecular flexibility index (Phi) is 3.52. The Balaban J connectivity index is 2.72. The number of carbonyl (C=O) groups excluding carboxylic acids is 1. The molecule has 0 heterocycles. The Morgan fingerprint density at radius 2 is 2.00 bits per heavy atom. The van der Waals surface area contributed by atoms with Gasteiger partial charge in [0.05, 0.1) is 0 Å². The van der Waals surface area contributed by atoms with Gasteiger partial charge < -0.3 is 0 Å². The second-order valence-electron chi connectivity index (χ2n) is 4.80. The quantitative estimate of drug-likeness (QED) is 0.640. The highest BCUT2D eigenvalue weighted by Crippen LogP contribution is 2.37. The monoisotopic (exact) mass is 182 g/mol. The van der Waals surface area contributed by atoms with Crippen LogP contribution < -0.4 is 0 Å². The fraction of sp³-hybridized carbons (Fsp3) is 0.917. The van der Waals surface area contributed by atoms with Crippen LogP contribution >= 0.6 is 0 Å². The Labute approximate surface area is 81.9 Å². The fourth-order valence-electron chi connectivity index (χ4n) is 2.66. The SMILES string of the molecule is CCC1C(=O)C(C)CCC1C(C)C. The second-order valence-corrected chi connectivity index (χ2v) is 4.80. The predicted molar refractivity (Wildman–Crippen MR) is 55.5 cm³/mol. The number of rotatable bonds is 2. The Morgan fingerprint density at radius 1 is 1.38 bits per heavy atom. The van der Waals surface area contributed by atoms with Crippen molar-refractivity contribution in [2.75, 3.05) is 0 Å². The number of ketones is 1. The third kappa shape index (κ3) is 2.12. The summed E-state index contributed by atoms with van der Waals surface area (Å²) < 4.78 is 0. The molecule has 1 saturated carbocycles. The van der Waals surface area contributed by atoms with Crippen LogP contribution in [0.25, 0.3) is 0 Å². The first kappa shape index (κ1) is 10.7. The van der Waals surface area contributed by atoms with Gasteiger partial charge in [-0.3, -0.25) is 4.79 Å².